The van der Waals surface area contributed by atoms with Gasteiger partial charge in [0.1, 0.15) is 0 Å². The zero-order valence-corrected chi connectivity index (χ0v) is 6.64. The van der Waals surface area contributed by atoms with E-state index in [1.165, 1.54) is 19.3 Å². The van der Waals surface area contributed by atoms with E-state index >= 15 is 0 Å². The third-order valence-corrected chi connectivity index (χ3v) is 1.57. The molecular formula is C7H13F3O2. The molecule has 0 saturated heterocycles. The van der Waals surface area contributed by atoms with Crippen molar-refractivity contribution < 1.29 is 23.4 Å². The summed E-state index contributed by atoms with van der Waals surface area (Å²) in [7, 11) is 0. The zero-order chi connectivity index (χ0) is 9.61. The molecule has 12 heavy (non-hydrogen) atoms. The molecule has 5 heteroatoms. The molecule has 0 atom stereocenters. The molecule has 1 aliphatic rings. The van der Waals surface area contributed by atoms with E-state index in [1.54, 1.807) is 0 Å². The van der Waals surface area contributed by atoms with E-state index in [-0.39, 0.29) is 6.10 Å². The predicted octanol–water partition coefficient (Wildman–Crippen LogP) is 1.81. The van der Waals surface area contributed by atoms with E-state index in [9.17, 15) is 13.2 Å². The second kappa shape index (κ2) is 5.37. The highest BCUT2D eigenvalue weighted by atomic mass is 19.4. The average molecular weight is 186 g/mol. The van der Waals surface area contributed by atoms with E-state index in [0.717, 1.165) is 12.8 Å². The number of hydrogen-bond acceptors (Lipinski definition) is 2. The molecule has 0 aromatic rings. The van der Waals surface area contributed by atoms with Gasteiger partial charge in [0.05, 0.1) is 6.10 Å². The van der Waals surface area contributed by atoms with E-state index in [2.05, 4.69) is 0 Å². The molecule has 1 fully saturated rings. The monoisotopic (exact) mass is 186 g/mol. The number of aliphatic hydroxyl groups excluding tert-OH is 1. The number of rotatable bonds is 0. The van der Waals surface area contributed by atoms with Crippen LogP contribution in [0, 0.1) is 0 Å². The van der Waals surface area contributed by atoms with E-state index < -0.39 is 6.36 Å². The van der Waals surface area contributed by atoms with Gasteiger partial charge in [-0.25, -0.2) is 0 Å². The summed E-state index contributed by atoms with van der Waals surface area (Å²) in [5, 5.41) is 15.4. The number of alkyl halides is 3. The Bertz CT molecular complexity index is 102. The molecule has 2 N–H and O–H groups in total. The molecule has 0 heterocycles. The molecule has 0 aliphatic heterocycles. The Hall–Kier alpha value is -0.290. The fourth-order valence-corrected chi connectivity index (χ4v) is 1.08. The second-order valence-electron chi connectivity index (χ2n) is 2.76. The van der Waals surface area contributed by atoms with Crippen LogP contribution < -0.4 is 0 Å². The molecule has 0 unspecified atom stereocenters. The Morgan fingerprint density at radius 2 is 1.33 bits per heavy atom. The van der Waals surface area contributed by atoms with Gasteiger partial charge in [0, 0.05) is 0 Å². The fraction of sp³-hybridized carbons (Fsp3) is 1.00. The molecular weight excluding hydrogens is 173 g/mol. The Morgan fingerprint density at radius 1 is 1.00 bits per heavy atom. The van der Waals surface area contributed by atoms with Gasteiger partial charge in [-0.1, -0.05) is 19.3 Å². The van der Waals surface area contributed by atoms with Crippen LogP contribution in [0.15, 0.2) is 0 Å². The maximum atomic E-state index is 9.91. The summed E-state index contributed by atoms with van der Waals surface area (Å²) < 4.78 is 29.7. The minimum atomic E-state index is -5.00. The lowest BCUT2D eigenvalue weighted by Crippen LogP contribution is -2.09. The van der Waals surface area contributed by atoms with E-state index in [4.69, 9.17) is 10.2 Å². The summed E-state index contributed by atoms with van der Waals surface area (Å²) in [6.45, 7) is 0. The molecule has 0 aromatic heterocycles. The van der Waals surface area contributed by atoms with Gasteiger partial charge in [-0.2, -0.15) is 0 Å². The van der Waals surface area contributed by atoms with Crippen molar-refractivity contribution in [2.45, 2.75) is 44.6 Å². The average Bonchev–Trinajstić information content (AvgIpc) is 1.85. The van der Waals surface area contributed by atoms with Crippen molar-refractivity contribution in [2.24, 2.45) is 0 Å². The molecule has 1 saturated carbocycles. The van der Waals surface area contributed by atoms with Gasteiger partial charge in [-0.15, -0.1) is 13.2 Å². The van der Waals surface area contributed by atoms with Gasteiger partial charge < -0.3 is 10.2 Å². The van der Waals surface area contributed by atoms with Crippen molar-refractivity contribution in [3.05, 3.63) is 0 Å². The van der Waals surface area contributed by atoms with Crippen LogP contribution in [0.1, 0.15) is 32.1 Å². The molecule has 1 rings (SSSR count). The summed E-state index contributed by atoms with van der Waals surface area (Å²) >= 11 is 0. The molecule has 2 nitrogen and oxygen atoms in total. The van der Waals surface area contributed by atoms with Crippen LogP contribution in [0.5, 0.6) is 0 Å². The summed E-state index contributed by atoms with van der Waals surface area (Å²) in [6, 6.07) is 0. The van der Waals surface area contributed by atoms with Crippen molar-refractivity contribution in [3.63, 3.8) is 0 Å². The van der Waals surface area contributed by atoms with Crippen LogP contribution in [0.3, 0.4) is 0 Å². The molecule has 0 amide bonds. The smallest absolute Gasteiger partial charge is 0.393 e. The normalized spacial score (nSPS) is 19.8. The summed E-state index contributed by atoms with van der Waals surface area (Å²) in [5.74, 6) is 0. The van der Waals surface area contributed by atoms with Gasteiger partial charge in [0.25, 0.3) is 0 Å². The topological polar surface area (TPSA) is 40.5 Å². The number of aliphatic hydroxyl groups is 2. The highest BCUT2D eigenvalue weighted by Crippen LogP contribution is 2.16. The SMILES string of the molecule is OC(F)(F)F.OC1CCCCC1. The maximum absolute atomic E-state index is 9.91. The van der Waals surface area contributed by atoms with Crippen LogP contribution in [0.4, 0.5) is 13.2 Å². The molecule has 74 valence electrons. The first kappa shape index (κ1) is 11.7. The Labute approximate surface area is 69.0 Å². The third kappa shape index (κ3) is 12.4. The number of hydrogen-bond donors (Lipinski definition) is 2. The van der Waals surface area contributed by atoms with E-state index in [0.29, 0.717) is 0 Å². The molecule has 1 aliphatic carbocycles. The first-order valence-corrected chi connectivity index (χ1v) is 3.87. The Balaban J connectivity index is 0.000000217. The second-order valence-corrected chi connectivity index (χ2v) is 2.76. The molecule has 0 aromatic carbocycles. The maximum Gasteiger partial charge on any atom is 0.519 e. The van der Waals surface area contributed by atoms with Gasteiger partial charge in [0.15, 0.2) is 0 Å². The molecule has 0 spiro atoms. The summed E-state index contributed by atoms with van der Waals surface area (Å²) in [6.07, 6.45) is 0.924. The highest BCUT2D eigenvalue weighted by Gasteiger charge is 2.20. The lowest BCUT2D eigenvalue weighted by Gasteiger charge is -2.14. The van der Waals surface area contributed by atoms with Crippen molar-refractivity contribution in [1.29, 1.82) is 0 Å². The van der Waals surface area contributed by atoms with Crippen molar-refractivity contribution >= 4 is 0 Å². The lowest BCUT2D eigenvalue weighted by molar-refractivity contribution is -0.295. The molecule has 0 radical (unpaired) electrons. The standard InChI is InChI=1S/C6H12O.CHF3O/c7-6-4-2-1-3-5-6;2-1(3,4)5/h6-7H,1-5H2;5H. The minimum absolute atomic E-state index is 0.0359. The quantitative estimate of drug-likeness (QED) is 0.605. The fourth-order valence-electron chi connectivity index (χ4n) is 1.08. The first-order valence-electron chi connectivity index (χ1n) is 3.87. The van der Waals surface area contributed by atoms with Crippen molar-refractivity contribution in [3.8, 4) is 0 Å². The Kier molecular flexibility index (Phi) is 5.24. The van der Waals surface area contributed by atoms with Crippen LogP contribution in [0.2, 0.25) is 0 Å². The Morgan fingerprint density at radius 3 is 1.50 bits per heavy atom. The van der Waals surface area contributed by atoms with Crippen molar-refractivity contribution in [2.75, 3.05) is 0 Å². The predicted molar refractivity (Wildman–Crippen MR) is 37.4 cm³/mol. The van der Waals surface area contributed by atoms with Crippen LogP contribution in [-0.4, -0.2) is 22.7 Å². The summed E-state index contributed by atoms with van der Waals surface area (Å²) in [4.78, 5) is 0. The van der Waals surface area contributed by atoms with Crippen molar-refractivity contribution in [1.82, 2.24) is 0 Å². The largest absolute Gasteiger partial charge is 0.519 e. The number of halogens is 3. The summed E-state index contributed by atoms with van der Waals surface area (Å²) in [5.41, 5.74) is 0. The van der Waals surface area contributed by atoms with E-state index in [1.807, 2.05) is 0 Å². The van der Waals surface area contributed by atoms with Gasteiger partial charge in [-0.05, 0) is 12.8 Å². The third-order valence-electron chi connectivity index (χ3n) is 1.57. The first-order chi connectivity index (χ1) is 5.39. The minimum Gasteiger partial charge on any atom is -0.393 e. The zero-order valence-electron chi connectivity index (χ0n) is 6.64. The van der Waals surface area contributed by atoms with Gasteiger partial charge in [-0.3, -0.25) is 0 Å². The van der Waals surface area contributed by atoms with Crippen LogP contribution >= 0.6 is 0 Å². The lowest BCUT2D eigenvalue weighted by atomic mass is 9.98. The highest BCUT2D eigenvalue weighted by molar-refractivity contribution is 4.61. The van der Waals surface area contributed by atoms with Gasteiger partial charge in [0.2, 0.25) is 0 Å². The van der Waals surface area contributed by atoms with Gasteiger partial charge >= 0.3 is 6.36 Å². The van der Waals surface area contributed by atoms with Crippen LogP contribution in [0.25, 0.3) is 0 Å². The van der Waals surface area contributed by atoms with Crippen LogP contribution in [-0.2, 0) is 0 Å². The molecule has 0 bridgehead atoms.